The van der Waals surface area contributed by atoms with Crippen LogP contribution in [-0.4, -0.2) is 28.9 Å². The molecule has 2 heterocycles. The summed E-state index contributed by atoms with van der Waals surface area (Å²) in [6, 6.07) is 10.9. The van der Waals surface area contributed by atoms with Gasteiger partial charge in [-0.3, -0.25) is 4.79 Å². The van der Waals surface area contributed by atoms with E-state index in [0.29, 0.717) is 29.4 Å². The Balaban J connectivity index is 1.86. The fraction of sp³-hybridized carbons (Fsp3) is 0.263. The van der Waals surface area contributed by atoms with E-state index in [2.05, 4.69) is 6.58 Å². The second kappa shape index (κ2) is 7.02. The fourth-order valence-corrected chi connectivity index (χ4v) is 4.09. The lowest BCUT2D eigenvalue weighted by Crippen LogP contribution is -2.53. The fourth-order valence-electron chi connectivity index (χ4n) is 2.99. The summed E-state index contributed by atoms with van der Waals surface area (Å²) in [4.78, 5) is 28.1. The van der Waals surface area contributed by atoms with Crippen molar-refractivity contribution in [2.45, 2.75) is 25.5 Å². The largest absolute Gasteiger partial charge is 0.445 e. The molecular formula is C19H18ClNO3S. The monoisotopic (exact) mass is 375 g/mol. The molecule has 1 aliphatic rings. The second-order valence-corrected chi connectivity index (χ2v) is 7.93. The van der Waals surface area contributed by atoms with Crippen LogP contribution in [0.2, 0.25) is 4.34 Å². The summed E-state index contributed by atoms with van der Waals surface area (Å²) in [5, 5.41) is 0. The minimum atomic E-state index is -1.23. The number of ether oxygens (including phenoxy) is 1. The van der Waals surface area contributed by atoms with E-state index in [-0.39, 0.29) is 5.91 Å². The zero-order chi connectivity index (χ0) is 18.0. The van der Waals surface area contributed by atoms with Crippen LogP contribution in [0.5, 0.6) is 0 Å². The zero-order valence-electron chi connectivity index (χ0n) is 13.8. The number of hydrogen-bond donors (Lipinski definition) is 0. The third-order valence-corrected chi connectivity index (χ3v) is 5.36. The number of cyclic esters (lactones) is 1. The lowest BCUT2D eigenvalue weighted by Gasteiger charge is -2.36. The van der Waals surface area contributed by atoms with Crippen molar-refractivity contribution < 1.29 is 14.3 Å². The Morgan fingerprint density at radius 3 is 2.84 bits per heavy atom. The van der Waals surface area contributed by atoms with E-state index in [9.17, 15) is 9.59 Å². The first-order valence-corrected chi connectivity index (χ1v) is 9.08. The molecule has 0 spiro atoms. The maximum Gasteiger partial charge on any atom is 0.339 e. The number of thiophene rings is 1. The number of benzene rings is 1. The highest BCUT2D eigenvalue weighted by Gasteiger charge is 2.44. The van der Waals surface area contributed by atoms with Gasteiger partial charge in [-0.05, 0) is 30.7 Å². The van der Waals surface area contributed by atoms with E-state index in [1.165, 1.54) is 11.3 Å². The van der Waals surface area contributed by atoms with Gasteiger partial charge in [-0.15, -0.1) is 17.9 Å². The molecule has 6 heteroatoms. The maximum absolute atomic E-state index is 13.1. The summed E-state index contributed by atoms with van der Waals surface area (Å²) in [7, 11) is 0. The van der Waals surface area contributed by atoms with E-state index in [4.69, 9.17) is 16.3 Å². The van der Waals surface area contributed by atoms with Crippen molar-refractivity contribution in [3.05, 3.63) is 69.4 Å². The average Bonchev–Trinajstić information content (AvgIpc) is 2.98. The summed E-state index contributed by atoms with van der Waals surface area (Å²) < 4.78 is 6.22. The Labute approximate surface area is 155 Å². The molecular weight excluding hydrogens is 358 g/mol. The van der Waals surface area contributed by atoms with Gasteiger partial charge in [0.25, 0.3) is 5.91 Å². The number of rotatable bonds is 5. The van der Waals surface area contributed by atoms with Gasteiger partial charge in [-0.25, -0.2) is 4.79 Å². The number of nitrogens with zero attached hydrogens (tertiary/aromatic N) is 1. The summed E-state index contributed by atoms with van der Waals surface area (Å²) >= 11 is 7.40. The molecule has 1 atom stereocenters. The molecule has 25 heavy (non-hydrogen) atoms. The van der Waals surface area contributed by atoms with Crippen molar-refractivity contribution in [1.82, 2.24) is 4.90 Å². The van der Waals surface area contributed by atoms with Crippen LogP contribution in [-0.2, 0) is 22.5 Å². The number of amides is 1. The van der Waals surface area contributed by atoms with Crippen molar-refractivity contribution >= 4 is 34.8 Å². The third kappa shape index (κ3) is 3.62. The number of carbonyl (C=O) groups excluding carboxylic acids is 2. The first kappa shape index (κ1) is 17.7. The lowest BCUT2D eigenvalue weighted by molar-refractivity contribution is -0.151. The van der Waals surface area contributed by atoms with E-state index in [0.717, 1.165) is 10.4 Å². The van der Waals surface area contributed by atoms with Crippen molar-refractivity contribution in [2.75, 3.05) is 6.54 Å². The molecule has 0 aliphatic carbocycles. The molecule has 0 N–H and O–H groups in total. The van der Waals surface area contributed by atoms with Gasteiger partial charge in [-0.2, -0.15) is 0 Å². The predicted molar refractivity (Wildman–Crippen MR) is 98.9 cm³/mol. The van der Waals surface area contributed by atoms with Gasteiger partial charge in [0.1, 0.15) is 0 Å². The highest BCUT2D eigenvalue weighted by atomic mass is 35.5. The normalized spacial score (nSPS) is 19.0. The molecule has 0 saturated carbocycles. The summed E-state index contributed by atoms with van der Waals surface area (Å²) in [6.07, 6.45) is 2.02. The van der Waals surface area contributed by atoms with Crippen LogP contribution in [0.1, 0.15) is 27.7 Å². The first-order chi connectivity index (χ1) is 11.9. The third-order valence-electron chi connectivity index (χ3n) is 4.15. The number of halogens is 1. The Hall–Kier alpha value is -2.11. The van der Waals surface area contributed by atoms with Gasteiger partial charge < -0.3 is 9.64 Å². The molecule has 0 saturated heterocycles. The van der Waals surface area contributed by atoms with Gasteiger partial charge in [0.2, 0.25) is 0 Å². The van der Waals surface area contributed by atoms with Crippen LogP contribution in [0, 0.1) is 0 Å². The molecule has 1 aliphatic heterocycles. The Morgan fingerprint density at radius 2 is 2.16 bits per heavy atom. The molecule has 1 unspecified atom stereocenters. The van der Waals surface area contributed by atoms with Gasteiger partial charge in [0.15, 0.2) is 5.60 Å². The predicted octanol–water partition coefficient (Wildman–Crippen LogP) is 4.09. The van der Waals surface area contributed by atoms with Crippen molar-refractivity contribution in [3.8, 4) is 0 Å². The molecule has 3 rings (SSSR count). The molecule has 130 valence electrons. The van der Waals surface area contributed by atoms with Gasteiger partial charge in [0, 0.05) is 17.8 Å². The van der Waals surface area contributed by atoms with Crippen LogP contribution in [0.25, 0.3) is 0 Å². The first-order valence-electron chi connectivity index (χ1n) is 7.88. The van der Waals surface area contributed by atoms with Crippen LogP contribution >= 0.6 is 22.9 Å². The van der Waals surface area contributed by atoms with Crippen LogP contribution in [0.4, 0.5) is 0 Å². The Kier molecular flexibility index (Phi) is 4.97. The highest BCUT2D eigenvalue weighted by Crippen LogP contribution is 2.31. The number of fused-ring (bicyclic) bond motifs is 1. The molecule has 2 aromatic rings. The van der Waals surface area contributed by atoms with E-state index < -0.39 is 11.6 Å². The summed E-state index contributed by atoms with van der Waals surface area (Å²) in [5.41, 5.74) is 0.121. The van der Waals surface area contributed by atoms with Gasteiger partial charge in [0.05, 0.1) is 16.4 Å². The van der Waals surface area contributed by atoms with Crippen molar-refractivity contribution in [3.63, 3.8) is 0 Å². The van der Waals surface area contributed by atoms with Gasteiger partial charge in [-0.1, -0.05) is 35.9 Å². The van der Waals surface area contributed by atoms with Crippen LogP contribution < -0.4 is 0 Å². The average molecular weight is 376 g/mol. The van der Waals surface area contributed by atoms with Crippen molar-refractivity contribution in [1.29, 1.82) is 0 Å². The van der Waals surface area contributed by atoms with Crippen molar-refractivity contribution in [2.24, 2.45) is 0 Å². The molecule has 1 aromatic heterocycles. The van der Waals surface area contributed by atoms with E-state index in [1.807, 2.05) is 18.2 Å². The van der Waals surface area contributed by atoms with Crippen LogP contribution in [0.15, 0.2) is 49.1 Å². The number of carbonyl (C=O) groups is 2. The molecule has 0 radical (unpaired) electrons. The molecule has 4 nitrogen and oxygen atoms in total. The molecule has 1 amide bonds. The minimum absolute atomic E-state index is 0.236. The molecule has 0 bridgehead atoms. The summed E-state index contributed by atoms with van der Waals surface area (Å²) in [6.45, 7) is 6.16. The zero-order valence-corrected chi connectivity index (χ0v) is 15.4. The second-order valence-electron chi connectivity index (χ2n) is 6.13. The van der Waals surface area contributed by atoms with E-state index >= 15 is 0 Å². The summed E-state index contributed by atoms with van der Waals surface area (Å²) in [5.74, 6) is -0.699. The van der Waals surface area contributed by atoms with E-state index in [1.54, 1.807) is 36.1 Å². The number of esters is 1. The topological polar surface area (TPSA) is 46.6 Å². The molecule has 1 aromatic carbocycles. The Morgan fingerprint density at radius 1 is 1.40 bits per heavy atom. The highest BCUT2D eigenvalue weighted by molar-refractivity contribution is 7.16. The minimum Gasteiger partial charge on any atom is -0.445 e. The van der Waals surface area contributed by atoms with Gasteiger partial charge >= 0.3 is 5.97 Å². The smallest absolute Gasteiger partial charge is 0.339 e. The lowest BCUT2D eigenvalue weighted by atomic mass is 9.89. The number of hydrogen-bond acceptors (Lipinski definition) is 4. The van der Waals surface area contributed by atoms with Crippen LogP contribution in [0.3, 0.4) is 0 Å². The maximum atomic E-state index is 13.1. The molecule has 0 fully saturated rings. The standard InChI is InChI=1S/C19H18ClNO3S/c1-3-10-21(12-14-8-9-16(20)25-14)18(23)19(2)11-13-6-4-5-7-15(13)17(22)24-19/h3-9H,1,10-12H2,2H3. The Bertz CT molecular complexity index is 832. The quantitative estimate of drug-likeness (QED) is 0.584. The SMILES string of the molecule is C=CCN(Cc1ccc(Cl)s1)C(=O)C1(C)Cc2ccccc2C(=O)O1.